The summed E-state index contributed by atoms with van der Waals surface area (Å²) in [6, 6.07) is 6.25. The monoisotopic (exact) mass is 535 g/mol. The zero-order chi connectivity index (χ0) is 27.4. The van der Waals surface area contributed by atoms with E-state index < -0.39 is 5.60 Å². The van der Waals surface area contributed by atoms with Crippen molar-refractivity contribution in [1.29, 1.82) is 0 Å². The van der Waals surface area contributed by atoms with Gasteiger partial charge in [-0.15, -0.1) is 0 Å². The molecule has 1 atom stereocenters. The maximum Gasteiger partial charge on any atom is 0.410 e. The zero-order valence-electron chi connectivity index (χ0n) is 24.2. The van der Waals surface area contributed by atoms with Crippen LogP contribution in [0.5, 0.6) is 5.75 Å². The van der Waals surface area contributed by atoms with Crippen molar-refractivity contribution in [2.75, 3.05) is 50.7 Å². The largest absolute Gasteiger partial charge is 0.490 e. The minimum atomic E-state index is -0.480. The molecule has 0 aliphatic carbocycles. The highest BCUT2D eigenvalue weighted by molar-refractivity contribution is 5.68. The average molecular weight is 536 g/mol. The van der Waals surface area contributed by atoms with E-state index in [1.54, 1.807) is 0 Å². The molecule has 0 radical (unpaired) electrons. The molecule has 0 bridgehead atoms. The van der Waals surface area contributed by atoms with Gasteiger partial charge < -0.3 is 24.2 Å². The van der Waals surface area contributed by atoms with Gasteiger partial charge in [-0.3, -0.25) is 0 Å². The number of likely N-dealkylation sites (tertiary alicyclic amines) is 2. The lowest BCUT2D eigenvalue weighted by atomic mass is 10.1. The predicted octanol–water partition coefficient (Wildman–Crippen LogP) is 5.47. The van der Waals surface area contributed by atoms with Crippen LogP contribution in [-0.4, -0.2) is 83.4 Å². The van der Waals surface area contributed by atoms with Crippen molar-refractivity contribution >= 4 is 11.9 Å². The summed E-state index contributed by atoms with van der Waals surface area (Å²) in [6.45, 7) is 14.9. The third-order valence-corrected chi connectivity index (χ3v) is 7.95. The van der Waals surface area contributed by atoms with Crippen LogP contribution in [0.1, 0.15) is 70.4 Å². The van der Waals surface area contributed by atoms with Gasteiger partial charge in [0.1, 0.15) is 23.3 Å². The van der Waals surface area contributed by atoms with Crippen LogP contribution in [-0.2, 0) is 11.2 Å². The molecule has 2 fully saturated rings. The second-order valence-corrected chi connectivity index (χ2v) is 12.3. The molecule has 3 aliphatic rings. The highest BCUT2D eigenvalue weighted by Crippen LogP contribution is 2.31. The molecule has 212 valence electrons. The number of amides is 1. The van der Waals surface area contributed by atoms with Gasteiger partial charge in [-0.05, 0) is 110 Å². The molecular weight excluding hydrogens is 490 g/mol. The lowest BCUT2D eigenvalue weighted by Crippen LogP contribution is -2.37. The highest BCUT2D eigenvalue weighted by atomic mass is 16.6. The summed E-state index contributed by atoms with van der Waals surface area (Å²) in [7, 11) is 0. The van der Waals surface area contributed by atoms with Crippen LogP contribution >= 0.6 is 0 Å². The fourth-order valence-corrected chi connectivity index (χ4v) is 5.85. The smallest absolute Gasteiger partial charge is 0.410 e. The van der Waals surface area contributed by atoms with Gasteiger partial charge in [0.2, 0.25) is 0 Å². The summed E-state index contributed by atoms with van der Waals surface area (Å²) < 4.78 is 12.0. The Kier molecular flexibility index (Phi) is 8.60. The Labute approximate surface area is 233 Å². The molecule has 0 saturated carbocycles. The first-order valence-corrected chi connectivity index (χ1v) is 14.8. The molecule has 8 heteroatoms. The number of ether oxygens (including phenoxy) is 2. The second-order valence-electron chi connectivity index (χ2n) is 12.3. The molecule has 8 nitrogen and oxygen atoms in total. The molecule has 2 aromatic rings. The van der Waals surface area contributed by atoms with Crippen molar-refractivity contribution in [2.45, 2.75) is 84.3 Å². The van der Waals surface area contributed by atoms with Gasteiger partial charge in [-0.1, -0.05) is 0 Å². The molecule has 0 spiro atoms. The van der Waals surface area contributed by atoms with Gasteiger partial charge in [0.25, 0.3) is 0 Å². The fraction of sp³-hybridized carbons (Fsp3) is 0.645. The van der Waals surface area contributed by atoms with Crippen molar-refractivity contribution < 1.29 is 14.3 Å². The Bertz CT molecular complexity index is 1140. The minimum absolute atomic E-state index is 0.0762. The van der Waals surface area contributed by atoms with Gasteiger partial charge in [0, 0.05) is 49.9 Å². The number of hydrogen-bond acceptors (Lipinski definition) is 7. The van der Waals surface area contributed by atoms with Gasteiger partial charge in [0.15, 0.2) is 5.82 Å². The fourth-order valence-electron chi connectivity index (χ4n) is 5.85. The molecule has 1 amide bonds. The van der Waals surface area contributed by atoms with Crippen LogP contribution in [0.4, 0.5) is 10.6 Å². The summed E-state index contributed by atoms with van der Waals surface area (Å²) in [5.74, 6) is 2.77. The number of rotatable bonds is 7. The Morgan fingerprint density at radius 3 is 2.62 bits per heavy atom. The van der Waals surface area contributed by atoms with Gasteiger partial charge in [-0.25, -0.2) is 14.8 Å². The predicted molar refractivity (Wildman–Crippen MR) is 154 cm³/mol. The van der Waals surface area contributed by atoms with E-state index in [4.69, 9.17) is 19.4 Å². The first-order chi connectivity index (χ1) is 18.7. The molecule has 5 rings (SSSR count). The van der Waals surface area contributed by atoms with E-state index in [0.29, 0.717) is 13.1 Å². The second kappa shape index (κ2) is 12.1. The minimum Gasteiger partial charge on any atom is -0.490 e. The number of anilines is 1. The Morgan fingerprint density at radius 2 is 1.85 bits per heavy atom. The van der Waals surface area contributed by atoms with Crippen LogP contribution in [0.2, 0.25) is 0 Å². The summed E-state index contributed by atoms with van der Waals surface area (Å²) in [5.41, 5.74) is 2.87. The van der Waals surface area contributed by atoms with Crippen LogP contribution in [0.25, 0.3) is 11.4 Å². The molecule has 0 N–H and O–H groups in total. The van der Waals surface area contributed by atoms with Crippen LogP contribution in [0.15, 0.2) is 24.4 Å². The quantitative estimate of drug-likeness (QED) is 0.466. The average Bonchev–Trinajstić information content (AvgIpc) is 3.49. The Hall–Kier alpha value is -2.87. The number of carbonyl (C=O) groups excluding carboxylic acids is 1. The number of nitrogens with zero attached hydrogens (tertiary/aromatic N) is 5. The summed E-state index contributed by atoms with van der Waals surface area (Å²) in [5, 5.41) is 0. The van der Waals surface area contributed by atoms with Gasteiger partial charge in [-0.2, -0.15) is 0 Å². The number of benzene rings is 1. The third-order valence-electron chi connectivity index (χ3n) is 7.95. The molecule has 2 saturated heterocycles. The molecule has 4 heterocycles. The number of aryl methyl sites for hydroxylation is 1. The maximum absolute atomic E-state index is 12.5. The Morgan fingerprint density at radius 1 is 1.03 bits per heavy atom. The SMILES string of the molecule is Cc1cc(-c2ncc3c(n2)N(CCCN2CCCC2)CC3)ccc1OC1CCCN(C(=O)OC(C)(C)C)CC1. The number of carbonyl (C=O) groups is 1. The van der Waals surface area contributed by atoms with Crippen LogP contribution < -0.4 is 9.64 Å². The molecule has 3 aliphatic heterocycles. The third kappa shape index (κ3) is 7.21. The van der Waals surface area contributed by atoms with Crippen LogP contribution in [0, 0.1) is 6.92 Å². The first kappa shape index (κ1) is 27.7. The summed E-state index contributed by atoms with van der Waals surface area (Å²) in [4.78, 5) is 29.1. The van der Waals surface area contributed by atoms with Crippen molar-refractivity contribution in [1.82, 2.24) is 19.8 Å². The normalized spacial score (nSPS) is 20.2. The van der Waals surface area contributed by atoms with Gasteiger partial charge >= 0.3 is 6.09 Å². The van der Waals surface area contributed by atoms with Crippen molar-refractivity contribution in [3.05, 3.63) is 35.5 Å². The lowest BCUT2D eigenvalue weighted by molar-refractivity contribution is 0.0252. The topological polar surface area (TPSA) is 71.0 Å². The first-order valence-electron chi connectivity index (χ1n) is 14.8. The number of hydrogen-bond donors (Lipinski definition) is 0. The van der Waals surface area contributed by atoms with Crippen LogP contribution in [0.3, 0.4) is 0 Å². The van der Waals surface area contributed by atoms with Crippen molar-refractivity contribution in [3.8, 4) is 17.1 Å². The maximum atomic E-state index is 12.5. The van der Waals surface area contributed by atoms with E-state index in [1.165, 1.54) is 44.5 Å². The standard InChI is InChI=1S/C31H45N5O3/c1-23-21-24(10-11-27(23)38-26-9-7-17-36(20-13-26)30(37)39-31(2,3)4)28-32-22-25-12-19-35(29(25)33-28)18-8-16-34-14-5-6-15-34/h10-11,21-22,26H,5-9,12-20H2,1-4H3. The number of aromatic nitrogens is 2. The molecule has 1 unspecified atom stereocenters. The van der Waals surface area contributed by atoms with E-state index in [9.17, 15) is 4.79 Å². The van der Waals surface area contributed by atoms with Crippen molar-refractivity contribution in [3.63, 3.8) is 0 Å². The molecule has 1 aromatic heterocycles. The summed E-state index contributed by atoms with van der Waals surface area (Å²) in [6.07, 6.45) is 9.37. The Balaban J connectivity index is 1.19. The summed E-state index contributed by atoms with van der Waals surface area (Å²) >= 11 is 0. The van der Waals surface area contributed by atoms with E-state index in [-0.39, 0.29) is 12.2 Å². The van der Waals surface area contributed by atoms with E-state index in [0.717, 1.165) is 67.3 Å². The molecule has 1 aromatic carbocycles. The molecular formula is C31H45N5O3. The lowest BCUT2D eigenvalue weighted by Gasteiger charge is -2.26. The van der Waals surface area contributed by atoms with E-state index in [2.05, 4.69) is 28.9 Å². The van der Waals surface area contributed by atoms with Crippen molar-refractivity contribution in [2.24, 2.45) is 0 Å². The molecule has 39 heavy (non-hydrogen) atoms. The zero-order valence-corrected chi connectivity index (χ0v) is 24.2. The van der Waals surface area contributed by atoms with E-state index >= 15 is 0 Å². The van der Waals surface area contributed by atoms with E-state index in [1.807, 2.05) is 37.9 Å². The van der Waals surface area contributed by atoms with Gasteiger partial charge in [0.05, 0.1) is 0 Å². The number of fused-ring (bicyclic) bond motifs is 1. The highest BCUT2D eigenvalue weighted by Gasteiger charge is 2.26.